The number of rotatable bonds is 10. The Morgan fingerprint density at radius 2 is 1.46 bits per heavy atom. The van der Waals surface area contributed by atoms with Crippen molar-refractivity contribution in [1.82, 2.24) is 0 Å². The Labute approximate surface area is 160 Å². The topological polar surface area (TPSA) is 34.1 Å². The van der Waals surface area contributed by atoms with Crippen LogP contribution < -0.4 is 0 Å². The maximum absolute atomic E-state index is 12.5. The van der Waals surface area contributed by atoms with E-state index in [9.17, 15) is 9.59 Å². The summed E-state index contributed by atoms with van der Waals surface area (Å²) >= 11 is 0. The number of allylic oxidation sites excluding steroid dienone is 6. The lowest BCUT2D eigenvalue weighted by Crippen LogP contribution is -2.23. The van der Waals surface area contributed by atoms with Crippen molar-refractivity contribution < 1.29 is 9.59 Å². The molecule has 0 spiro atoms. The van der Waals surface area contributed by atoms with Crippen LogP contribution in [-0.4, -0.2) is 11.6 Å². The summed E-state index contributed by atoms with van der Waals surface area (Å²) in [4.78, 5) is 25.0. The van der Waals surface area contributed by atoms with Gasteiger partial charge in [-0.05, 0) is 43.8 Å². The summed E-state index contributed by atoms with van der Waals surface area (Å²) in [6.45, 7) is 12.6. The maximum atomic E-state index is 12.5. The lowest BCUT2D eigenvalue weighted by atomic mass is 9.83. The van der Waals surface area contributed by atoms with Gasteiger partial charge in [-0.25, -0.2) is 0 Å². The summed E-state index contributed by atoms with van der Waals surface area (Å²) in [7, 11) is 0. The molecule has 0 bridgehead atoms. The number of carbonyl (C=O) groups excluding carboxylic acids is 2. The van der Waals surface area contributed by atoms with Crippen LogP contribution in [-0.2, 0) is 9.59 Å². The molecule has 0 radical (unpaired) electrons. The second-order valence-electron chi connectivity index (χ2n) is 8.72. The number of hydrogen-bond donors (Lipinski definition) is 0. The number of carbonyl (C=O) groups is 2. The van der Waals surface area contributed by atoms with E-state index in [1.54, 1.807) is 0 Å². The second-order valence-corrected chi connectivity index (χ2v) is 8.72. The van der Waals surface area contributed by atoms with Crippen molar-refractivity contribution in [2.45, 2.75) is 99.3 Å². The molecule has 2 nitrogen and oxygen atoms in total. The molecule has 1 aliphatic rings. The molecular weight excluding hydrogens is 320 g/mol. The minimum Gasteiger partial charge on any atom is -0.285 e. The lowest BCUT2D eigenvalue weighted by molar-refractivity contribution is -0.132. The average molecular weight is 359 g/mol. The number of hydrogen-bond acceptors (Lipinski definition) is 2. The number of ketones is 2. The molecule has 26 heavy (non-hydrogen) atoms. The third-order valence-corrected chi connectivity index (χ3v) is 5.43. The van der Waals surface area contributed by atoms with E-state index in [0.29, 0.717) is 5.57 Å². The zero-order chi connectivity index (χ0) is 19.7. The van der Waals surface area contributed by atoms with Crippen LogP contribution in [0.5, 0.6) is 0 Å². The van der Waals surface area contributed by atoms with E-state index in [1.807, 2.05) is 26.0 Å². The van der Waals surface area contributed by atoms with Crippen molar-refractivity contribution in [3.05, 3.63) is 34.4 Å². The molecule has 0 aromatic rings. The van der Waals surface area contributed by atoms with Crippen molar-refractivity contribution in [3.8, 4) is 0 Å². The predicted molar refractivity (Wildman–Crippen MR) is 111 cm³/mol. The fraction of sp³-hybridized carbons (Fsp3) is 0.667. The van der Waals surface area contributed by atoms with Crippen LogP contribution in [0, 0.1) is 5.41 Å². The molecule has 0 aliphatic heterocycles. The van der Waals surface area contributed by atoms with Gasteiger partial charge in [-0.15, -0.1) is 0 Å². The lowest BCUT2D eigenvalue weighted by Gasteiger charge is -2.21. The van der Waals surface area contributed by atoms with Crippen LogP contribution in [0.15, 0.2) is 34.4 Å². The second kappa shape index (κ2) is 10.6. The molecule has 0 aromatic heterocycles. The van der Waals surface area contributed by atoms with Gasteiger partial charge in [0.2, 0.25) is 11.6 Å². The Hall–Kier alpha value is -1.44. The van der Waals surface area contributed by atoms with E-state index < -0.39 is 0 Å². The molecule has 1 rings (SSSR count). The smallest absolute Gasteiger partial charge is 0.233 e. The van der Waals surface area contributed by atoms with E-state index in [-0.39, 0.29) is 17.0 Å². The molecule has 0 atom stereocenters. The SMILES string of the molecule is CCCCCCCCCCC1=C(C)C=C(C=C(C)C(C)(C)C)C(=O)C1=O. The van der Waals surface area contributed by atoms with Crippen molar-refractivity contribution >= 4 is 11.6 Å². The van der Waals surface area contributed by atoms with E-state index in [4.69, 9.17) is 0 Å². The standard InChI is InChI=1S/C24H38O2/c1-7-8-9-10-11-12-13-14-15-21-18(2)16-20(22(25)23(21)26)17-19(3)24(4,5)6/h16-17H,7-15H2,1-6H3. The third-order valence-electron chi connectivity index (χ3n) is 5.43. The highest BCUT2D eigenvalue weighted by molar-refractivity contribution is 6.50. The molecule has 0 aromatic carbocycles. The van der Waals surface area contributed by atoms with Gasteiger partial charge in [0.15, 0.2) is 0 Å². The molecule has 0 unspecified atom stereocenters. The molecule has 1 aliphatic carbocycles. The van der Waals surface area contributed by atoms with Gasteiger partial charge in [-0.2, -0.15) is 0 Å². The first-order valence-electron chi connectivity index (χ1n) is 10.4. The molecule has 146 valence electrons. The van der Waals surface area contributed by atoms with Gasteiger partial charge in [0.1, 0.15) is 0 Å². The highest BCUT2D eigenvalue weighted by atomic mass is 16.2. The third kappa shape index (κ3) is 7.05. The van der Waals surface area contributed by atoms with Crippen molar-refractivity contribution in [2.75, 3.05) is 0 Å². The molecule has 0 heterocycles. The molecule has 2 heteroatoms. The molecule has 0 N–H and O–H groups in total. The minimum atomic E-state index is -0.339. The van der Waals surface area contributed by atoms with E-state index >= 15 is 0 Å². The first-order chi connectivity index (χ1) is 12.2. The maximum Gasteiger partial charge on any atom is 0.233 e. The molecule has 0 saturated heterocycles. The molecular formula is C24H38O2. The van der Waals surface area contributed by atoms with E-state index in [1.165, 1.54) is 38.5 Å². The van der Waals surface area contributed by atoms with Gasteiger partial charge in [-0.1, -0.05) is 84.3 Å². The van der Waals surface area contributed by atoms with E-state index in [0.717, 1.165) is 36.0 Å². The quantitative estimate of drug-likeness (QED) is 0.242. The first-order valence-corrected chi connectivity index (χ1v) is 10.4. The molecule has 0 amide bonds. The summed E-state index contributed by atoms with van der Waals surface area (Å²) in [5.74, 6) is -0.630. The van der Waals surface area contributed by atoms with Crippen LogP contribution in [0.2, 0.25) is 0 Å². The zero-order valence-electron chi connectivity index (χ0n) is 17.8. The van der Waals surface area contributed by atoms with Gasteiger partial charge in [0, 0.05) is 11.1 Å². The van der Waals surface area contributed by atoms with Crippen molar-refractivity contribution in [1.29, 1.82) is 0 Å². The van der Waals surface area contributed by atoms with Gasteiger partial charge in [0.05, 0.1) is 0 Å². The highest BCUT2D eigenvalue weighted by Crippen LogP contribution is 2.29. The Bertz CT molecular complexity index is 594. The predicted octanol–water partition coefficient (Wildman–Crippen LogP) is 6.90. The fourth-order valence-corrected chi connectivity index (χ4v) is 3.14. The largest absolute Gasteiger partial charge is 0.285 e. The minimum absolute atomic E-state index is 0.000801. The van der Waals surface area contributed by atoms with Crippen molar-refractivity contribution in [2.24, 2.45) is 5.41 Å². The summed E-state index contributed by atoms with van der Waals surface area (Å²) in [5.41, 5.74) is 3.35. The average Bonchev–Trinajstić information content (AvgIpc) is 2.56. The van der Waals surface area contributed by atoms with Gasteiger partial charge in [0.25, 0.3) is 0 Å². The first kappa shape index (κ1) is 22.6. The van der Waals surface area contributed by atoms with Crippen LogP contribution in [0.3, 0.4) is 0 Å². The molecule has 0 saturated carbocycles. The summed E-state index contributed by atoms with van der Waals surface area (Å²) < 4.78 is 0. The Morgan fingerprint density at radius 3 is 2.00 bits per heavy atom. The normalized spacial score (nSPS) is 16.4. The Kier molecular flexibility index (Phi) is 9.25. The highest BCUT2D eigenvalue weighted by Gasteiger charge is 2.27. The number of unbranched alkanes of at least 4 members (excludes halogenated alkanes) is 7. The summed E-state index contributed by atoms with van der Waals surface area (Å²) in [6.07, 6.45) is 14.4. The Morgan fingerprint density at radius 1 is 0.923 bits per heavy atom. The van der Waals surface area contributed by atoms with E-state index in [2.05, 4.69) is 27.7 Å². The van der Waals surface area contributed by atoms with Crippen LogP contribution >= 0.6 is 0 Å². The van der Waals surface area contributed by atoms with Crippen LogP contribution in [0.4, 0.5) is 0 Å². The monoisotopic (exact) mass is 358 g/mol. The molecule has 0 fully saturated rings. The zero-order valence-corrected chi connectivity index (χ0v) is 17.8. The Balaban J connectivity index is 2.63. The fourth-order valence-electron chi connectivity index (χ4n) is 3.14. The summed E-state index contributed by atoms with van der Waals surface area (Å²) in [6, 6.07) is 0. The van der Waals surface area contributed by atoms with Gasteiger partial charge in [-0.3, -0.25) is 9.59 Å². The van der Waals surface area contributed by atoms with Gasteiger partial charge < -0.3 is 0 Å². The van der Waals surface area contributed by atoms with Crippen molar-refractivity contribution in [3.63, 3.8) is 0 Å². The number of Topliss-reactive ketones (excluding diaryl/α,β-unsaturated/α-hetero) is 2. The van der Waals surface area contributed by atoms with Gasteiger partial charge >= 0.3 is 0 Å². The van der Waals surface area contributed by atoms with Crippen LogP contribution in [0.25, 0.3) is 0 Å². The van der Waals surface area contributed by atoms with Crippen LogP contribution in [0.1, 0.15) is 99.3 Å². The summed E-state index contributed by atoms with van der Waals surface area (Å²) in [5, 5.41) is 0.